The number of benzene rings is 2. The van der Waals surface area contributed by atoms with Gasteiger partial charge in [0.05, 0.1) is 30.7 Å². The Morgan fingerprint density at radius 3 is 2.64 bits per heavy atom. The van der Waals surface area contributed by atoms with Gasteiger partial charge >= 0.3 is 0 Å². The van der Waals surface area contributed by atoms with E-state index in [1.807, 2.05) is 28.7 Å². The molecule has 0 amide bonds. The third kappa shape index (κ3) is 5.26. The number of nitriles is 1. The molecule has 1 atom stereocenters. The molecule has 25 heavy (non-hydrogen) atoms. The smallest absolute Gasteiger partial charge is 0.147 e. The summed E-state index contributed by atoms with van der Waals surface area (Å²) in [5.74, 6) is -1.22. The number of aliphatic hydroxyl groups excluding tert-OH is 2. The maximum atomic E-state index is 14.0. The second kappa shape index (κ2) is 8.94. The van der Waals surface area contributed by atoms with Crippen molar-refractivity contribution in [2.75, 3.05) is 18.5 Å². The number of halogens is 3. The Morgan fingerprint density at radius 1 is 1.24 bits per heavy atom. The molecule has 0 heterocycles. The largest absolute Gasteiger partial charge is 0.492 e. The average Bonchev–Trinajstić information content (AvgIpc) is 2.57. The molecule has 3 N–H and O–H groups in total. The van der Waals surface area contributed by atoms with Gasteiger partial charge in [0.1, 0.15) is 29.0 Å². The Bertz CT molecular complexity index is 796. The Balaban J connectivity index is 2.27. The van der Waals surface area contributed by atoms with E-state index in [1.54, 1.807) is 6.07 Å². The normalized spacial score (nSPS) is 11.7. The second-order valence-corrected chi connectivity index (χ2v) is 6.41. The van der Waals surface area contributed by atoms with Crippen LogP contribution in [0.2, 0.25) is 0 Å². The molecular weight excluding hydrogens is 445 g/mol. The lowest BCUT2D eigenvalue weighted by Gasteiger charge is -2.14. The third-order valence-corrected chi connectivity index (χ3v) is 3.97. The minimum absolute atomic E-state index is 0.0119. The second-order valence-electron chi connectivity index (χ2n) is 5.16. The summed E-state index contributed by atoms with van der Waals surface area (Å²) in [6.45, 7) is -0.437. The number of hydrogen-bond donors (Lipinski definition) is 3. The van der Waals surface area contributed by atoms with Gasteiger partial charge in [-0.1, -0.05) is 0 Å². The summed E-state index contributed by atoms with van der Waals surface area (Å²) in [4.78, 5) is 0. The van der Waals surface area contributed by atoms with Gasteiger partial charge in [-0.3, -0.25) is 0 Å². The molecule has 2 aromatic carbocycles. The molecule has 0 radical (unpaired) electrons. The fraction of sp³-hybridized carbons (Fsp3) is 0.235. The molecule has 0 aliphatic rings. The van der Waals surface area contributed by atoms with Crippen LogP contribution in [0.1, 0.15) is 12.0 Å². The standard InChI is InChI=1S/C17H15F2IN2O3/c18-10-5-16(22-15-2-1-11(20)7-14(15)19)13(8-21)17(6-10)25-4-3-12(24)9-23/h1-2,5-7,12,22-24H,3-4,9H2. The lowest BCUT2D eigenvalue weighted by Crippen LogP contribution is -2.16. The molecule has 5 nitrogen and oxygen atoms in total. The molecule has 0 aliphatic carbocycles. The molecule has 0 bridgehead atoms. The minimum atomic E-state index is -0.961. The summed E-state index contributed by atoms with van der Waals surface area (Å²) >= 11 is 1.96. The van der Waals surface area contributed by atoms with Crippen molar-refractivity contribution in [3.05, 3.63) is 51.1 Å². The van der Waals surface area contributed by atoms with E-state index in [1.165, 1.54) is 12.1 Å². The monoisotopic (exact) mass is 460 g/mol. The van der Waals surface area contributed by atoms with Crippen molar-refractivity contribution in [1.82, 2.24) is 0 Å². The highest BCUT2D eigenvalue weighted by Crippen LogP contribution is 2.31. The topological polar surface area (TPSA) is 85.5 Å². The number of ether oxygens (including phenoxy) is 1. The van der Waals surface area contributed by atoms with Gasteiger partial charge in [-0.05, 0) is 46.9 Å². The number of hydrogen-bond acceptors (Lipinski definition) is 5. The summed E-state index contributed by atoms with van der Waals surface area (Å²) in [6.07, 6.45) is -0.843. The van der Waals surface area contributed by atoms with E-state index in [4.69, 9.17) is 9.84 Å². The predicted molar refractivity (Wildman–Crippen MR) is 96.7 cm³/mol. The average molecular weight is 460 g/mol. The van der Waals surface area contributed by atoms with Crippen molar-refractivity contribution in [2.24, 2.45) is 0 Å². The van der Waals surface area contributed by atoms with Gasteiger partial charge in [-0.2, -0.15) is 5.26 Å². The van der Waals surface area contributed by atoms with Gasteiger partial charge in [0, 0.05) is 16.1 Å². The highest BCUT2D eigenvalue weighted by atomic mass is 127. The van der Waals surface area contributed by atoms with Crippen LogP contribution >= 0.6 is 22.6 Å². The van der Waals surface area contributed by atoms with Crippen LogP contribution in [0, 0.1) is 26.5 Å². The number of aliphatic hydroxyl groups is 2. The van der Waals surface area contributed by atoms with Crippen LogP contribution in [0.4, 0.5) is 20.2 Å². The van der Waals surface area contributed by atoms with Crippen LogP contribution in [-0.4, -0.2) is 29.5 Å². The van der Waals surface area contributed by atoms with Crippen molar-refractivity contribution in [3.63, 3.8) is 0 Å². The minimum Gasteiger partial charge on any atom is -0.492 e. The fourth-order valence-electron chi connectivity index (χ4n) is 2.04. The van der Waals surface area contributed by atoms with Crippen molar-refractivity contribution < 1.29 is 23.7 Å². The maximum Gasteiger partial charge on any atom is 0.147 e. The van der Waals surface area contributed by atoms with Gasteiger partial charge in [0.15, 0.2) is 0 Å². The Labute approximate surface area is 157 Å². The van der Waals surface area contributed by atoms with Crippen molar-refractivity contribution in [1.29, 1.82) is 5.26 Å². The number of nitrogens with one attached hydrogen (secondary N) is 1. The highest BCUT2D eigenvalue weighted by molar-refractivity contribution is 14.1. The lowest BCUT2D eigenvalue weighted by atomic mass is 10.1. The Hall–Kier alpha value is -1.96. The molecule has 0 aliphatic heterocycles. The predicted octanol–water partition coefficient (Wildman–Crippen LogP) is 3.31. The van der Waals surface area contributed by atoms with E-state index in [-0.39, 0.29) is 35.7 Å². The first-order valence-corrected chi connectivity index (χ1v) is 8.40. The summed E-state index contributed by atoms with van der Waals surface area (Å²) in [7, 11) is 0. The molecule has 0 saturated carbocycles. The summed E-state index contributed by atoms with van der Waals surface area (Å²) < 4.78 is 33.9. The zero-order chi connectivity index (χ0) is 18.4. The van der Waals surface area contributed by atoms with Crippen LogP contribution in [0.15, 0.2) is 30.3 Å². The molecule has 0 fully saturated rings. The first kappa shape index (κ1) is 19.4. The third-order valence-electron chi connectivity index (χ3n) is 3.30. The van der Waals surface area contributed by atoms with Crippen LogP contribution in [0.25, 0.3) is 0 Å². The van der Waals surface area contributed by atoms with E-state index in [0.717, 1.165) is 12.1 Å². The summed E-state index contributed by atoms with van der Waals surface area (Å²) in [6, 6.07) is 8.49. The molecule has 132 valence electrons. The molecule has 0 spiro atoms. The molecule has 2 rings (SSSR count). The number of nitrogens with zero attached hydrogens (tertiary/aromatic N) is 1. The van der Waals surface area contributed by atoms with Gasteiger partial charge in [-0.15, -0.1) is 0 Å². The van der Waals surface area contributed by atoms with Crippen LogP contribution in [-0.2, 0) is 0 Å². The van der Waals surface area contributed by atoms with Crippen LogP contribution < -0.4 is 10.1 Å². The van der Waals surface area contributed by atoms with Gasteiger partial charge in [0.25, 0.3) is 0 Å². The van der Waals surface area contributed by atoms with Gasteiger partial charge in [0.2, 0.25) is 0 Å². The quantitative estimate of drug-likeness (QED) is 0.553. The first-order chi connectivity index (χ1) is 11.9. The Kier molecular flexibility index (Phi) is 6.92. The zero-order valence-corrected chi connectivity index (χ0v) is 15.1. The summed E-state index contributed by atoms with van der Waals surface area (Å²) in [5, 5.41) is 30.1. The van der Waals surface area contributed by atoms with E-state index in [2.05, 4.69) is 5.32 Å². The zero-order valence-electron chi connectivity index (χ0n) is 13.0. The maximum absolute atomic E-state index is 14.0. The van der Waals surface area contributed by atoms with E-state index >= 15 is 0 Å². The van der Waals surface area contributed by atoms with Gasteiger partial charge < -0.3 is 20.3 Å². The van der Waals surface area contributed by atoms with Crippen LogP contribution in [0.3, 0.4) is 0 Å². The highest BCUT2D eigenvalue weighted by Gasteiger charge is 2.15. The number of rotatable bonds is 7. The van der Waals surface area contributed by atoms with E-state index in [0.29, 0.717) is 3.57 Å². The summed E-state index contributed by atoms with van der Waals surface area (Å²) in [5.41, 5.74) is 0.183. The molecule has 0 saturated heterocycles. The van der Waals surface area contributed by atoms with Gasteiger partial charge in [-0.25, -0.2) is 8.78 Å². The lowest BCUT2D eigenvalue weighted by molar-refractivity contribution is 0.0753. The van der Waals surface area contributed by atoms with E-state index < -0.39 is 24.3 Å². The van der Waals surface area contributed by atoms with Crippen molar-refractivity contribution in [2.45, 2.75) is 12.5 Å². The fourth-order valence-corrected chi connectivity index (χ4v) is 2.49. The molecule has 2 aromatic rings. The molecule has 1 unspecified atom stereocenters. The molecule has 0 aromatic heterocycles. The SMILES string of the molecule is N#Cc1c(Nc2ccc(I)cc2F)cc(F)cc1OCCC(O)CO. The van der Waals surface area contributed by atoms with Crippen molar-refractivity contribution in [3.8, 4) is 11.8 Å². The van der Waals surface area contributed by atoms with E-state index in [9.17, 15) is 19.1 Å². The number of anilines is 2. The first-order valence-electron chi connectivity index (χ1n) is 7.32. The Morgan fingerprint density at radius 2 is 2.00 bits per heavy atom. The molecule has 8 heteroatoms. The molecular formula is C17H15F2IN2O3. The van der Waals surface area contributed by atoms with Crippen molar-refractivity contribution >= 4 is 34.0 Å². The van der Waals surface area contributed by atoms with Crippen LogP contribution in [0.5, 0.6) is 5.75 Å².